The molecule has 0 unspecified atom stereocenters. The fraction of sp³-hybridized carbons (Fsp3) is 0.231. The summed E-state index contributed by atoms with van der Waals surface area (Å²) >= 11 is 0. The maximum Gasteiger partial charge on any atom is 0.150 e. The van der Waals surface area contributed by atoms with Crippen LogP contribution in [-0.4, -0.2) is 31.6 Å². The van der Waals surface area contributed by atoms with Crippen LogP contribution in [0.5, 0.6) is 5.75 Å². The first-order chi connectivity index (χ1) is 8.35. The predicted octanol–water partition coefficient (Wildman–Crippen LogP) is 2.07. The summed E-state index contributed by atoms with van der Waals surface area (Å²) in [5, 5.41) is 0.841. The Labute approximate surface area is 99.2 Å². The van der Waals surface area contributed by atoms with E-state index < -0.39 is 0 Å². The number of aldehydes is 1. The molecule has 0 saturated heterocycles. The highest BCUT2D eigenvalue weighted by atomic mass is 16.5. The number of nitrogens with zero attached hydrogens (tertiary/aromatic N) is 1. The van der Waals surface area contributed by atoms with Crippen molar-refractivity contribution in [3.05, 3.63) is 36.0 Å². The number of rotatable bonds is 5. The molecular formula is C13H13NO3. The lowest BCUT2D eigenvalue weighted by Gasteiger charge is -2.08. The zero-order valence-corrected chi connectivity index (χ0v) is 9.55. The number of benzene rings is 1. The molecule has 17 heavy (non-hydrogen) atoms. The summed E-state index contributed by atoms with van der Waals surface area (Å²) in [6.45, 7) is 0.998. The maximum absolute atomic E-state index is 10.7. The normalized spacial score (nSPS) is 10.4. The van der Waals surface area contributed by atoms with Crippen LogP contribution in [0.1, 0.15) is 10.4 Å². The van der Waals surface area contributed by atoms with Crippen LogP contribution >= 0.6 is 0 Å². The highest BCUT2D eigenvalue weighted by Crippen LogP contribution is 2.24. The number of pyridine rings is 1. The molecule has 0 aliphatic heterocycles. The third kappa shape index (κ3) is 2.60. The first kappa shape index (κ1) is 11.5. The van der Waals surface area contributed by atoms with E-state index in [9.17, 15) is 4.79 Å². The van der Waals surface area contributed by atoms with Crippen LogP contribution in [0.15, 0.2) is 30.5 Å². The van der Waals surface area contributed by atoms with Gasteiger partial charge in [-0.25, -0.2) is 0 Å². The molecule has 2 rings (SSSR count). The molecule has 0 radical (unpaired) electrons. The SMILES string of the molecule is COCCOc1ccnc2ccc(C=O)cc12. The average molecular weight is 231 g/mol. The number of carbonyl (C=O) groups excluding carboxylic acids is 1. The minimum atomic E-state index is 0.473. The van der Waals surface area contributed by atoms with Crippen molar-refractivity contribution < 1.29 is 14.3 Å². The molecular weight excluding hydrogens is 218 g/mol. The number of fused-ring (bicyclic) bond motifs is 1. The van der Waals surface area contributed by atoms with Gasteiger partial charge in [0.15, 0.2) is 0 Å². The van der Waals surface area contributed by atoms with E-state index in [1.165, 1.54) is 0 Å². The van der Waals surface area contributed by atoms with E-state index in [4.69, 9.17) is 9.47 Å². The third-order valence-corrected chi connectivity index (χ3v) is 2.41. The molecule has 2 aromatic rings. The summed E-state index contributed by atoms with van der Waals surface area (Å²) in [7, 11) is 1.62. The molecule has 0 N–H and O–H groups in total. The molecule has 1 aromatic carbocycles. The van der Waals surface area contributed by atoms with E-state index in [1.54, 1.807) is 31.5 Å². The number of methoxy groups -OCH3 is 1. The molecule has 0 aliphatic rings. The molecule has 0 bridgehead atoms. The standard InChI is InChI=1S/C13H13NO3/c1-16-6-7-17-13-4-5-14-12-3-2-10(9-15)8-11(12)13/h2-5,8-9H,6-7H2,1H3. The first-order valence-corrected chi connectivity index (χ1v) is 5.31. The van der Waals surface area contributed by atoms with Gasteiger partial charge in [-0.2, -0.15) is 0 Å². The van der Waals surface area contributed by atoms with Crippen LogP contribution < -0.4 is 4.74 Å². The van der Waals surface area contributed by atoms with Crippen LogP contribution in [-0.2, 0) is 4.74 Å². The summed E-state index contributed by atoms with van der Waals surface area (Å²) in [4.78, 5) is 15.0. The molecule has 4 heteroatoms. The van der Waals surface area contributed by atoms with Crippen molar-refractivity contribution in [2.45, 2.75) is 0 Å². The molecule has 0 saturated carbocycles. The smallest absolute Gasteiger partial charge is 0.150 e. The molecule has 0 fully saturated rings. The zero-order valence-electron chi connectivity index (χ0n) is 9.55. The van der Waals surface area contributed by atoms with Crippen LogP contribution in [0, 0.1) is 0 Å². The topological polar surface area (TPSA) is 48.4 Å². The van der Waals surface area contributed by atoms with E-state index in [0.29, 0.717) is 18.8 Å². The number of hydrogen-bond donors (Lipinski definition) is 0. The Morgan fingerprint density at radius 2 is 2.18 bits per heavy atom. The van der Waals surface area contributed by atoms with Gasteiger partial charge in [0.05, 0.1) is 12.1 Å². The van der Waals surface area contributed by atoms with Gasteiger partial charge in [0.1, 0.15) is 18.6 Å². The lowest BCUT2D eigenvalue weighted by atomic mass is 10.1. The van der Waals surface area contributed by atoms with Crippen molar-refractivity contribution >= 4 is 17.2 Å². The van der Waals surface area contributed by atoms with Gasteiger partial charge in [-0.3, -0.25) is 9.78 Å². The maximum atomic E-state index is 10.7. The van der Waals surface area contributed by atoms with Gasteiger partial charge in [-0.15, -0.1) is 0 Å². The Kier molecular flexibility index (Phi) is 3.67. The quantitative estimate of drug-likeness (QED) is 0.584. The van der Waals surface area contributed by atoms with Crippen molar-refractivity contribution in [2.24, 2.45) is 0 Å². The van der Waals surface area contributed by atoms with Gasteiger partial charge in [-0.1, -0.05) is 0 Å². The number of hydrogen-bond acceptors (Lipinski definition) is 4. The molecule has 0 aliphatic carbocycles. The monoisotopic (exact) mass is 231 g/mol. The molecule has 0 amide bonds. The third-order valence-electron chi connectivity index (χ3n) is 2.41. The van der Waals surface area contributed by atoms with Gasteiger partial charge in [0, 0.05) is 24.3 Å². The Hall–Kier alpha value is -1.94. The lowest BCUT2D eigenvalue weighted by molar-refractivity contribution is 0.112. The van der Waals surface area contributed by atoms with Crippen LogP contribution in [0.25, 0.3) is 10.9 Å². The van der Waals surface area contributed by atoms with Gasteiger partial charge in [0.2, 0.25) is 0 Å². The molecule has 0 spiro atoms. The van der Waals surface area contributed by atoms with E-state index in [2.05, 4.69) is 4.98 Å². The summed E-state index contributed by atoms with van der Waals surface area (Å²) < 4.78 is 10.5. The van der Waals surface area contributed by atoms with Gasteiger partial charge in [-0.05, 0) is 24.3 Å². The van der Waals surface area contributed by atoms with Gasteiger partial charge < -0.3 is 9.47 Å². The van der Waals surface area contributed by atoms with Crippen molar-refractivity contribution in [1.29, 1.82) is 0 Å². The zero-order chi connectivity index (χ0) is 12.1. The highest BCUT2D eigenvalue weighted by Gasteiger charge is 2.04. The Morgan fingerprint density at radius 3 is 2.94 bits per heavy atom. The van der Waals surface area contributed by atoms with Gasteiger partial charge >= 0.3 is 0 Å². The molecule has 88 valence electrons. The van der Waals surface area contributed by atoms with E-state index in [-0.39, 0.29) is 0 Å². The summed E-state index contributed by atoms with van der Waals surface area (Å²) in [6.07, 6.45) is 2.50. The highest BCUT2D eigenvalue weighted by molar-refractivity contribution is 5.90. The molecule has 4 nitrogen and oxygen atoms in total. The Bertz CT molecular complexity index is 525. The van der Waals surface area contributed by atoms with E-state index in [0.717, 1.165) is 22.9 Å². The first-order valence-electron chi connectivity index (χ1n) is 5.31. The fourth-order valence-electron chi connectivity index (χ4n) is 1.57. The van der Waals surface area contributed by atoms with E-state index >= 15 is 0 Å². The second-order valence-corrected chi connectivity index (χ2v) is 3.54. The summed E-state index contributed by atoms with van der Waals surface area (Å²) in [5.41, 5.74) is 1.42. The summed E-state index contributed by atoms with van der Waals surface area (Å²) in [5.74, 6) is 0.718. The second-order valence-electron chi connectivity index (χ2n) is 3.54. The van der Waals surface area contributed by atoms with Crippen molar-refractivity contribution in [2.75, 3.05) is 20.3 Å². The second kappa shape index (κ2) is 5.41. The number of ether oxygens (including phenoxy) is 2. The van der Waals surface area contributed by atoms with Crippen molar-refractivity contribution in [3.8, 4) is 5.75 Å². The molecule has 0 atom stereocenters. The number of aromatic nitrogens is 1. The van der Waals surface area contributed by atoms with Crippen molar-refractivity contribution in [3.63, 3.8) is 0 Å². The Balaban J connectivity index is 2.36. The minimum Gasteiger partial charge on any atom is -0.490 e. The number of carbonyl (C=O) groups is 1. The largest absolute Gasteiger partial charge is 0.490 e. The van der Waals surface area contributed by atoms with Crippen molar-refractivity contribution in [1.82, 2.24) is 4.98 Å². The lowest BCUT2D eigenvalue weighted by Crippen LogP contribution is -2.04. The van der Waals surface area contributed by atoms with Gasteiger partial charge in [0.25, 0.3) is 0 Å². The predicted molar refractivity (Wildman–Crippen MR) is 64.5 cm³/mol. The minimum absolute atomic E-state index is 0.473. The van der Waals surface area contributed by atoms with Crippen LogP contribution in [0.3, 0.4) is 0 Å². The average Bonchev–Trinajstić information content (AvgIpc) is 2.39. The van der Waals surface area contributed by atoms with E-state index in [1.807, 2.05) is 6.07 Å². The molecule has 1 aromatic heterocycles. The van der Waals surface area contributed by atoms with Crippen LogP contribution in [0.2, 0.25) is 0 Å². The fourth-order valence-corrected chi connectivity index (χ4v) is 1.57. The molecule has 1 heterocycles. The Morgan fingerprint density at radius 1 is 1.29 bits per heavy atom. The van der Waals surface area contributed by atoms with Crippen LogP contribution in [0.4, 0.5) is 0 Å². The summed E-state index contributed by atoms with van der Waals surface area (Å²) in [6, 6.07) is 7.10.